The molecule has 1 saturated heterocycles. The van der Waals surface area contributed by atoms with Gasteiger partial charge in [-0.2, -0.15) is 0 Å². The van der Waals surface area contributed by atoms with E-state index in [2.05, 4.69) is 42.1 Å². The predicted octanol–water partition coefficient (Wildman–Crippen LogP) is 2.55. The summed E-state index contributed by atoms with van der Waals surface area (Å²) in [6, 6.07) is 2.18. The van der Waals surface area contributed by atoms with Crippen LogP contribution < -0.4 is 5.32 Å². The minimum atomic E-state index is 0.688. The zero-order chi connectivity index (χ0) is 15.1. The second kappa shape index (κ2) is 8.57. The maximum atomic E-state index is 5.67. The Morgan fingerprint density at radius 2 is 2.10 bits per heavy atom. The molecule has 1 N–H and O–H groups in total. The second-order valence-corrected chi connectivity index (χ2v) is 6.73. The first-order valence-electron chi connectivity index (χ1n) is 8.31. The molecule has 0 atom stereocenters. The van der Waals surface area contributed by atoms with Crippen LogP contribution in [0, 0.1) is 5.92 Å². The van der Waals surface area contributed by atoms with E-state index in [1.165, 1.54) is 38.0 Å². The third kappa shape index (κ3) is 6.20. The molecule has 0 saturated carbocycles. The van der Waals surface area contributed by atoms with E-state index in [1.54, 1.807) is 0 Å². The summed E-state index contributed by atoms with van der Waals surface area (Å²) in [7, 11) is 2.18. The monoisotopic (exact) mass is 293 g/mol. The number of likely N-dealkylation sites (N-methyl/N-ethyl adjacent to an activating group) is 1. The van der Waals surface area contributed by atoms with Crippen molar-refractivity contribution in [2.45, 2.75) is 39.8 Å². The van der Waals surface area contributed by atoms with Gasteiger partial charge in [0.25, 0.3) is 0 Å². The molecule has 4 heteroatoms. The van der Waals surface area contributed by atoms with Crippen LogP contribution in [-0.4, -0.2) is 49.6 Å². The fraction of sp³-hybridized carbons (Fsp3) is 0.765. The van der Waals surface area contributed by atoms with Gasteiger partial charge < -0.3 is 14.6 Å². The first kappa shape index (κ1) is 16.5. The second-order valence-electron chi connectivity index (χ2n) is 6.73. The fourth-order valence-corrected chi connectivity index (χ4v) is 2.77. The molecule has 0 radical (unpaired) electrons. The third-order valence-corrected chi connectivity index (χ3v) is 4.01. The van der Waals surface area contributed by atoms with Gasteiger partial charge in [-0.1, -0.05) is 13.8 Å². The first-order valence-corrected chi connectivity index (χ1v) is 8.31. The van der Waals surface area contributed by atoms with Crippen molar-refractivity contribution in [3.63, 3.8) is 0 Å². The molecule has 1 aliphatic heterocycles. The van der Waals surface area contributed by atoms with Gasteiger partial charge in [0, 0.05) is 25.2 Å². The molecule has 21 heavy (non-hydrogen) atoms. The van der Waals surface area contributed by atoms with E-state index in [-0.39, 0.29) is 0 Å². The Morgan fingerprint density at radius 3 is 2.81 bits per heavy atom. The van der Waals surface area contributed by atoms with Gasteiger partial charge in [0.05, 0.1) is 12.8 Å². The molecule has 0 bridgehead atoms. The van der Waals surface area contributed by atoms with Gasteiger partial charge >= 0.3 is 0 Å². The van der Waals surface area contributed by atoms with Crippen LogP contribution in [-0.2, 0) is 13.1 Å². The highest BCUT2D eigenvalue weighted by atomic mass is 16.3. The normalized spacial score (nSPS) is 16.4. The number of nitrogens with zero attached hydrogens (tertiary/aromatic N) is 2. The molecule has 1 aromatic rings. The Hall–Kier alpha value is -0.840. The Kier molecular flexibility index (Phi) is 6.74. The van der Waals surface area contributed by atoms with E-state index in [0.717, 1.165) is 31.9 Å². The number of likely N-dealkylation sites (tertiary alicyclic amines) is 1. The molecule has 1 fully saturated rings. The van der Waals surface area contributed by atoms with Crippen LogP contribution in [0.4, 0.5) is 0 Å². The summed E-state index contributed by atoms with van der Waals surface area (Å²) in [5.41, 5.74) is 1.25. The largest absolute Gasteiger partial charge is 0.468 e. The fourth-order valence-electron chi connectivity index (χ4n) is 2.77. The average molecular weight is 293 g/mol. The maximum absolute atomic E-state index is 5.67. The van der Waals surface area contributed by atoms with E-state index in [9.17, 15) is 0 Å². The number of hydrogen-bond acceptors (Lipinski definition) is 4. The molecule has 0 aliphatic carbocycles. The molecule has 1 aromatic heterocycles. The number of hydrogen-bond donors (Lipinski definition) is 1. The molecule has 4 nitrogen and oxygen atoms in total. The smallest absolute Gasteiger partial charge is 0.118 e. The number of rotatable bonds is 9. The summed E-state index contributed by atoms with van der Waals surface area (Å²) in [4.78, 5) is 4.91. The van der Waals surface area contributed by atoms with Crippen LogP contribution in [0.3, 0.4) is 0 Å². The van der Waals surface area contributed by atoms with Gasteiger partial charge in [-0.3, -0.25) is 4.90 Å². The summed E-state index contributed by atoms with van der Waals surface area (Å²) >= 11 is 0. The molecule has 1 aliphatic rings. The van der Waals surface area contributed by atoms with Crippen LogP contribution in [0.2, 0.25) is 0 Å². The average Bonchev–Trinajstić information content (AvgIpc) is 3.08. The van der Waals surface area contributed by atoms with E-state index >= 15 is 0 Å². The Morgan fingerprint density at radius 1 is 1.33 bits per heavy atom. The first-order chi connectivity index (χ1) is 10.1. The summed E-state index contributed by atoms with van der Waals surface area (Å²) in [6.07, 6.45) is 4.63. The van der Waals surface area contributed by atoms with Gasteiger partial charge in [0.15, 0.2) is 0 Å². The van der Waals surface area contributed by atoms with Crippen LogP contribution in [0.1, 0.15) is 38.0 Å². The molecule has 0 unspecified atom stereocenters. The van der Waals surface area contributed by atoms with Crippen LogP contribution in [0.5, 0.6) is 0 Å². The standard InChI is InChI=1S/C17H31N3O/c1-15(2)11-18-12-16-10-17(21-14-16)13-19(3)8-9-20-6-4-5-7-20/h10,14-15,18H,4-9,11-13H2,1-3H3. The predicted molar refractivity (Wildman–Crippen MR) is 87.3 cm³/mol. The van der Waals surface area contributed by atoms with Crippen molar-refractivity contribution in [2.75, 3.05) is 39.8 Å². The summed E-state index contributed by atoms with van der Waals surface area (Å²) < 4.78 is 5.67. The van der Waals surface area contributed by atoms with E-state index in [1.807, 2.05) is 6.26 Å². The van der Waals surface area contributed by atoms with Crippen molar-refractivity contribution in [1.29, 1.82) is 0 Å². The number of nitrogens with one attached hydrogen (secondary N) is 1. The summed E-state index contributed by atoms with van der Waals surface area (Å²) in [5.74, 6) is 1.76. The Bertz CT molecular complexity index is 396. The Labute approximate surface area is 129 Å². The molecule has 120 valence electrons. The van der Waals surface area contributed by atoms with Gasteiger partial charge in [-0.05, 0) is 51.5 Å². The van der Waals surface area contributed by atoms with Gasteiger partial charge in [0.2, 0.25) is 0 Å². The zero-order valence-electron chi connectivity index (χ0n) is 13.9. The molecule has 2 heterocycles. The van der Waals surface area contributed by atoms with Crippen molar-refractivity contribution < 1.29 is 4.42 Å². The molecule has 2 rings (SSSR count). The zero-order valence-corrected chi connectivity index (χ0v) is 13.9. The maximum Gasteiger partial charge on any atom is 0.118 e. The highest BCUT2D eigenvalue weighted by Gasteiger charge is 2.12. The summed E-state index contributed by atoms with van der Waals surface area (Å²) in [5, 5.41) is 3.45. The lowest BCUT2D eigenvalue weighted by Crippen LogP contribution is -2.31. The van der Waals surface area contributed by atoms with Crippen molar-refractivity contribution in [1.82, 2.24) is 15.1 Å². The molecule has 0 aromatic carbocycles. The Balaban J connectivity index is 1.66. The van der Waals surface area contributed by atoms with Crippen LogP contribution in [0.15, 0.2) is 16.7 Å². The lowest BCUT2D eigenvalue weighted by atomic mass is 10.2. The van der Waals surface area contributed by atoms with Crippen molar-refractivity contribution >= 4 is 0 Å². The van der Waals surface area contributed by atoms with E-state index in [4.69, 9.17) is 4.42 Å². The molecular formula is C17H31N3O. The van der Waals surface area contributed by atoms with Crippen molar-refractivity contribution in [2.24, 2.45) is 5.92 Å². The van der Waals surface area contributed by atoms with E-state index < -0.39 is 0 Å². The van der Waals surface area contributed by atoms with Crippen LogP contribution >= 0.6 is 0 Å². The van der Waals surface area contributed by atoms with Gasteiger partial charge in [-0.25, -0.2) is 0 Å². The minimum Gasteiger partial charge on any atom is -0.468 e. The van der Waals surface area contributed by atoms with Crippen molar-refractivity contribution in [3.05, 3.63) is 23.7 Å². The third-order valence-electron chi connectivity index (χ3n) is 4.01. The van der Waals surface area contributed by atoms with Crippen LogP contribution in [0.25, 0.3) is 0 Å². The summed E-state index contributed by atoms with van der Waals surface area (Å²) in [6.45, 7) is 12.2. The number of furan rings is 1. The van der Waals surface area contributed by atoms with Gasteiger partial charge in [-0.15, -0.1) is 0 Å². The molecule has 0 spiro atoms. The minimum absolute atomic E-state index is 0.688. The quantitative estimate of drug-likeness (QED) is 0.758. The van der Waals surface area contributed by atoms with Crippen molar-refractivity contribution in [3.8, 4) is 0 Å². The SMILES string of the molecule is CC(C)CNCc1coc(CN(C)CCN2CCCC2)c1. The highest BCUT2D eigenvalue weighted by Crippen LogP contribution is 2.11. The topological polar surface area (TPSA) is 31.7 Å². The molecular weight excluding hydrogens is 262 g/mol. The lowest BCUT2D eigenvalue weighted by Gasteiger charge is -2.20. The molecule has 0 amide bonds. The van der Waals surface area contributed by atoms with E-state index in [0.29, 0.717) is 5.92 Å². The lowest BCUT2D eigenvalue weighted by molar-refractivity contribution is 0.239. The highest BCUT2D eigenvalue weighted by molar-refractivity contribution is 5.12. The van der Waals surface area contributed by atoms with Gasteiger partial charge in [0.1, 0.15) is 5.76 Å².